The Bertz CT molecular complexity index is 598. The number of carbonyl (C=O) groups excluding carboxylic acids is 1. The summed E-state index contributed by atoms with van der Waals surface area (Å²) in [5, 5.41) is 3.57. The topological polar surface area (TPSA) is 55.1 Å². The fourth-order valence-corrected chi connectivity index (χ4v) is 2.02. The van der Waals surface area contributed by atoms with Gasteiger partial charge in [-0.15, -0.1) is 0 Å². The molecule has 4 heteroatoms. The summed E-state index contributed by atoms with van der Waals surface area (Å²) < 4.78 is 0. The third-order valence-corrected chi connectivity index (χ3v) is 3.08. The van der Waals surface area contributed by atoms with Gasteiger partial charge >= 0.3 is 0 Å². The van der Waals surface area contributed by atoms with Crippen LogP contribution in [-0.4, -0.2) is 5.91 Å². The molecule has 0 aromatic heterocycles. The van der Waals surface area contributed by atoms with Gasteiger partial charge in [0, 0.05) is 16.3 Å². The standard InChI is InChI=1S/C15H15ClN2O/c1-10(11-4-2-6-13(16)8-11)18-15(19)12-5-3-7-14(17)9-12/h2-10H,17H2,1H3,(H,18,19). The molecule has 0 radical (unpaired) electrons. The Kier molecular flexibility index (Phi) is 4.07. The summed E-state index contributed by atoms with van der Waals surface area (Å²) in [6.07, 6.45) is 0. The minimum atomic E-state index is -0.153. The van der Waals surface area contributed by atoms with Gasteiger partial charge in [-0.25, -0.2) is 0 Å². The minimum absolute atomic E-state index is 0.118. The van der Waals surface area contributed by atoms with Crippen LogP contribution in [0, 0.1) is 0 Å². The highest BCUT2D eigenvalue weighted by atomic mass is 35.5. The summed E-state index contributed by atoms with van der Waals surface area (Å²) >= 11 is 5.93. The number of rotatable bonds is 3. The summed E-state index contributed by atoms with van der Waals surface area (Å²) in [6.45, 7) is 1.91. The van der Waals surface area contributed by atoms with E-state index in [4.69, 9.17) is 17.3 Å². The molecule has 0 aliphatic carbocycles. The van der Waals surface area contributed by atoms with Crippen LogP contribution in [0.4, 0.5) is 5.69 Å². The molecule has 0 saturated carbocycles. The molecule has 3 nitrogen and oxygen atoms in total. The van der Waals surface area contributed by atoms with E-state index in [9.17, 15) is 4.79 Å². The Morgan fingerprint density at radius 3 is 2.63 bits per heavy atom. The molecule has 0 saturated heterocycles. The van der Waals surface area contributed by atoms with Crippen molar-refractivity contribution in [1.82, 2.24) is 5.32 Å². The summed E-state index contributed by atoms with van der Waals surface area (Å²) in [5.41, 5.74) is 7.75. The molecule has 0 aliphatic rings. The van der Waals surface area contributed by atoms with Gasteiger partial charge in [0.2, 0.25) is 0 Å². The van der Waals surface area contributed by atoms with Crippen LogP contribution in [0.15, 0.2) is 48.5 Å². The Morgan fingerprint density at radius 1 is 1.21 bits per heavy atom. The molecule has 0 fully saturated rings. The van der Waals surface area contributed by atoms with Crippen molar-refractivity contribution in [3.05, 3.63) is 64.7 Å². The fraction of sp³-hybridized carbons (Fsp3) is 0.133. The van der Waals surface area contributed by atoms with Crippen LogP contribution in [0.3, 0.4) is 0 Å². The lowest BCUT2D eigenvalue weighted by Crippen LogP contribution is -2.26. The van der Waals surface area contributed by atoms with Crippen molar-refractivity contribution < 1.29 is 4.79 Å². The van der Waals surface area contributed by atoms with Crippen LogP contribution >= 0.6 is 11.6 Å². The maximum absolute atomic E-state index is 12.1. The number of halogens is 1. The van der Waals surface area contributed by atoms with E-state index in [0.717, 1.165) is 5.56 Å². The number of hydrogen-bond acceptors (Lipinski definition) is 2. The number of benzene rings is 2. The van der Waals surface area contributed by atoms with Crippen LogP contribution in [-0.2, 0) is 0 Å². The molecule has 19 heavy (non-hydrogen) atoms. The zero-order chi connectivity index (χ0) is 13.8. The summed E-state index contributed by atoms with van der Waals surface area (Å²) in [5.74, 6) is -0.153. The van der Waals surface area contributed by atoms with Crippen LogP contribution in [0.5, 0.6) is 0 Å². The van der Waals surface area contributed by atoms with E-state index in [1.54, 1.807) is 30.3 Å². The number of hydrogen-bond donors (Lipinski definition) is 2. The molecule has 2 rings (SSSR count). The molecular weight excluding hydrogens is 260 g/mol. The van der Waals surface area contributed by atoms with E-state index in [-0.39, 0.29) is 11.9 Å². The quantitative estimate of drug-likeness (QED) is 0.843. The van der Waals surface area contributed by atoms with Gasteiger partial charge in [0.05, 0.1) is 6.04 Å². The van der Waals surface area contributed by atoms with Crippen molar-refractivity contribution in [2.45, 2.75) is 13.0 Å². The van der Waals surface area contributed by atoms with Crippen LogP contribution in [0.1, 0.15) is 28.9 Å². The lowest BCUT2D eigenvalue weighted by Gasteiger charge is -2.14. The second-order valence-electron chi connectivity index (χ2n) is 4.38. The molecule has 98 valence electrons. The van der Waals surface area contributed by atoms with E-state index in [1.807, 2.05) is 25.1 Å². The Hall–Kier alpha value is -2.00. The zero-order valence-electron chi connectivity index (χ0n) is 10.6. The first-order valence-electron chi connectivity index (χ1n) is 5.98. The third kappa shape index (κ3) is 3.48. The number of nitrogens with one attached hydrogen (secondary N) is 1. The molecule has 2 aromatic carbocycles. The smallest absolute Gasteiger partial charge is 0.251 e. The van der Waals surface area contributed by atoms with Crippen LogP contribution in [0.2, 0.25) is 5.02 Å². The van der Waals surface area contributed by atoms with E-state index < -0.39 is 0 Å². The lowest BCUT2D eigenvalue weighted by molar-refractivity contribution is 0.0940. The maximum Gasteiger partial charge on any atom is 0.251 e. The second kappa shape index (κ2) is 5.76. The maximum atomic E-state index is 12.1. The van der Waals surface area contributed by atoms with E-state index in [2.05, 4.69) is 5.32 Å². The normalized spacial score (nSPS) is 11.9. The third-order valence-electron chi connectivity index (χ3n) is 2.85. The Labute approximate surface area is 117 Å². The van der Waals surface area contributed by atoms with Crippen LogP contribution < -0.4 is 11.1 Å². The summed E-state index contributed by atoms with van der Waals surface area (Å²) in [4.78, 5) is 12.1. The van der Waals surface area contributed by atoms with Crippen molar-refractivity contribution in [2.75, 3.05) is 5.73 Å². The van der Waals surface area contributed by atoms with E-state index >= 15 is 0 Å². The molecular formula is C15H15ClN2O. The average molecular weight is 275 g/mol. The van der Waals surface area contributed by atoms with E-state index in [1.165, 1.54) is 0 Å². The highest BCUT2D eigenvalue weighted by molar-refractivity contribution is 6.30. The van der Waals surface area contributed by atoms with Crippen molar-refractivity contribution >= 4 is 23.2 Å². The first kappa shape index (κ1) is 13.4. The number of nitrogens with two attached hydrogens (primary N) is 1. The second-order valence-corrected chi connectivity index (χ2v) is 4.81. The summed E-state index contributed by atoms with van der Waals surface area (Å²) in [7, 11) is 0. The molecule has 0 spiro atoms. The number of amides is 1. The number of anilines is 1. The fourth-order valence-electron chi connectivity index (χ4n) is 1.82. The summed E-state index contributed by atoms with van der Waals surface area (Å²) in [6, 6.07) is 14.2. The predicted molar refractivity (Wildman–Crippen MR) is 78.2 cm³/mol. The van der Waals surface area contributed by atoms with Gasteiger partial charge in [0.15, 0.2) is 0 Å². The predicted octanol–water partition coefficient (Wildman–Crippen LogP) is 3.41. The first-order valence-corrected chi connectivity index (χ1v) is 6.36. The molecule has 1 unspecified atom stereocenters. The number of carbonyl (C=O) groups is 1. The van der Waals surface area contributed by atoms with Gasteiger partial charge in [-0.2, -0.15) is 0 Å². The lowest BCUT2D eigenvalue weighted by atomic mass is 10.1. The van der Waals surface area contributed by atoms with Crippen molar-refractivity contribution in [3.63, 3.8) is 0 Å². The van der Waals surface area contributed by atoms with Gasteiger partial charge in [0.1, 0.15) is 0 Å². The highest BCUT2D eigenvalue weighted by Gasteiger charge is 2.11. The first-order chi connectivity index (χ1) is 9.06. The molecule has 1 atom stereocenters. The highest BCUT2D eigenvalue weighted by Crippen LogP contribution is 2.18. The SMILES string of the molecule is CC(NC(=O)c1cccc(N)c1)c1cccc(Cl)c1. The van der Waals surface area contributed by atoms with Crippen LogP contribution in [0.25, 0.3) is 0 Å². The van der Waals surface area contributed by atoms with Gasteiger partial charge in [-0.3, -0.25) is 4.79 Å². The average Bonchev–Trinajstić information content (AvgIpc) is 2.38. The Morgan fingerprint density at radius 2 is 1.95 bits per heavy atom. The molecule has 3 N–H and O–H groups in total. The van der Waals surface area contributed by atoms with E-state index in [0.29, 0.717) is 16.3 Å². The van der Waals surface area contributed by atoms with Crippen molar-refractivity contribution in [2.24, 2.45) is 0 Å². The number of nitrogen functional groups attached to an aromatic ring is 1. The van der Waals surface area contributed by atoms with Crippen molar-refractivity contribution in [1.29, 1.82) is 0 Å². The molecule has 0 heterocycles. The van der Waals surface area contributed by atoms with Crippen molar-refractivity contribution in [3.8, 4) is 0 Å². The molecule has 0 aliphatic heterocycles. The Balaban J connectivity index is 2.11. The molecule has 0 bridgehead atoms. The molecule has 1 amide bonds. The zero-order valence-corrected chi connectivity index (χ0v) is 11.3. The van der Waals surface area contributed by atoms with Gasteiger partial charge in [-0.1, -0.05) is 29.8 Å². The van der Waals surface area contributed by atoms with Gasteiger partial charge in [-0.05, 0) is 42.8 Å². The van der Waals surface area contributed by atoms with Gasteiger partial charge < -0.3 is 11.1 Å². The van der Waals surface area contributed by atoms with Gasteiger partial charge in [0.25, 0.3) is 5.91 Å². The monoisotopic (exact) mass is 274 g/mol. The molecule has 2 aromatic rings. The largest absolute Gasteiger partial charge is 0.399 e. The minimum Gasteiger partial charge on any atom is -0.399 e.